The summed E-state index contributed by atoms with van der Waals surface area (Å²) in [7, 11) is 0. The van der Waals surface area contributed by atoms with E-state index < -0.39 is 6.04 Å². The van der Waals surface area contributed by atoms with Crippen molar-refractivity contribution in [3.63, 3.8) is 0 Å². The first-order valence-electron chi connectivity index (χ1n) is 11.6. The molecule has 3 aromatic rings. The monoisotopic (exact) mass is 442 g/mol. The van der Waals surface area contributed by atoms with E-state index in [-0.39, 0.29) is 17.9 Å². The Balaban J connectivity index is 1.82. The van der Waals surface area contributed by atoms with Gasteiger partial charge >= 0.3 is 0 Å². The van der Waals surface area contributed by atoms with Gasteiger partial charge < -0.3 is 5.32 Å². The SMILES string of the molecule is Cc1cccc(N(C(=O)c2ccncc2)C(C(=O)NC2CCCCC2)c2ccncc2)c1C. The minimum atomic E-state index is -0.823. The third-order valence-electron chi connectivity index (χ3n) is 6.46. The number of carbonyl (C=O) groups is 2. The van der Waals surface area contributed by atoms with Crippen LogP contribution in [0.1, 0.15) is 65.2 Å². The van der Waals surface area contributed by atoms with E-state index in [1.165, 1.54) is 6.42 Å². The summed E-state index contributed by atoms with van der Waals surface area (Å²) in [5, 5.41) is 3.24. The average Bonchev–Trinajstić information content (AvgIpc) is 2.85. The van der Waals surface area contributed by atoms with Crippen molar-refractivity contribution in [2.75, 3.05) is 4.90 Å². The number of rotatable bonds is 6. The standard InChI is InChI=1S/C27H30N4O2/c1-19-7-6-10-24(20(19)2)31(27(33)22-13-17-29-18-14-22)25(21-11-15-28-16-12-21)26(32)30-23-8-4-3-5-9-23/h6-7,10-18,23,25H,3-5,8-9H2,1-2H3,(H,30,32). The van der Waals surface area contributed by atoms with Crippen LogP contribution in [0.15, 0.2) is 67.3 Å². The van der Waals surface area contributed by atoms with E-state index in [2.05, 4.69) is 15.3 Å². The Morgan fingerprint density at radius 3 is 2.21 bits per heavy atom. The number of aromatic nitrogens is 2. The zero-order valence-corrected chi connectivity index (χ0v) is 19.2. The Bertz CT molecular complexity index is 1100. The summed E-state index contributed by atoms with van der Waals surface area (Å²) in [6.45, 7) is 4.00. The van der Waals surface area contributed by atoms with Gasteiger partial charge in [-0.05, 0) is 73.7 Å². The van der Waals surface area contributed by atoms with Crippen molar-refractivity contribution in [3.05, 3.63) is 89.5 Å². The highest BCUT2D eigenvalue weighted by Crippen LogP contribution is 2.33. The fourth-order valence-corrected chi connectivity index (χ4v) is 4.49. The van der Waals surface area contributed by atoms with E-state index in [1.807, 2.05) is 44.2 Å². The molecule has 1 atom stereocenters. The van der Waals surface area contributed by atoms with Crippen LogP contribution < -0.4 is 10.2 Å². The van der Waals surface area contributed by atoms with Crippen molar-refractivity contribution in [1.82, 2.24) is 15.3 Å². The summed E-state index contributed by atoms with van der Waals surface area (Å²) in [5.41, 5.74) is 3.94. The summed E-state index contributed by atoms with van der Waals surface area (Å²) >= 11 is 0. The molecule has 0 spiro atoms. The van der Waals surface area contributed by atoms with Gasteiger partial charge in [-0.15, -0.1) is 0 Å². The van der Waals surface area contributed by atoms with Crippen molar-refractivity contribution in [2.45, 2.75) is 58.0 Å². The van der Waals surface area contributed by atoms with E-state index in [4.69, 9.17) is 0 Å². The third kappa shape index (κ3) is 5.11. The number of hydrogen-bond donors (Lipinski definition) is 1. The molecule has 1 fully saturated rings. The van der Waals surface area contributed by atoms with Gasteiger partial charge in [0.2, 0.25) is 5.91 Å². The first-order chi connectivity index (χ1) is 16.1. The molecule has 1 aliphatic rings. The van der Waals surface area contributed by atoms with Crippen LogP contribution in [0.2, 0.25) is 0 Å². The van der Waals surface area contributed by atoms with Crippen molar-refractivity contribution in [1.29, 1.82) is 0 Å². The van der Waals surface area contributed by atoms with Gasteiger partial charge in [0.05, 0.1) is 0 Å². The largest absolute Gasteiger partial charge is 0.351 e. The van der Waals surface area contributed by atoms with Crippen molar-refractivity contribution in [2.24, 2.45) is 0 Å². The molecular formula is C27H30N4O2. The molecule has 1 unspecified atom stereocenters. The lowest BCUT2D eigenvalue weighted by Gasteiger charge is -2.34. The number of nitrogens with zero attached hydrogens (tertiary/aromatic N) is 3. The number of hydrogen-bond acceptors (Lipinski definition) is 4. The molecule has 0 aliphatic heterocycles. The van der Waals surface area contributed by atoms with Gasteiger partial charge in [-0.1, -0.05) is 31.4 Å². The molecule has 1 saturated carbocycles. The zero-order chi connectivity index (χ0) is 23.2. The first kappa shape index (κ1) is 22.6. The number of benzene rings is 1. The Morgan fingerprint density at radius 2 is 1.55 bits per heavy atom. The van der Waals surface area contributed by atoms with Crippen LogP contribution in [-0.4, -0.2) is 27.8 Å². The van der Waals surface area contributed by atoms with Crippen molar-refractivity contribution < 1.29 is 9.59 Å². The molecule has 2 aromatic heterocycles. The average molecular weight is 443 g/mol. The summed E-state index contributed by atoms with van der Waals surface area (Å²) < 4.78 is 0. The van der Waals surface area contributed by atoms with Crippen LogP contribution in [0.3, 0.4) is 0 Å². The molecule has 6 nitrogen and oxygen atoms in total. The molecule has 1 aromatic carbocycles. The molecule has 0 saturated heterocycles. The maximum absolute atomic E-state index is 13.9. The second-order valence-corrected chi connectivity index (χ2v) is 8.66. The van der Waals surface area contributed by atoms with Crippen LogP contribution in [0.5, 0.6) is 0 Å². The predicted octanol–water partition coefficient (Wildman–Crippen LogP) is 4.93. The van der Waals surface area contributed by atoms with Crippen LogP contribution in [0.25, 0.3) is 0 Å². The Kier molecular flexibility index (Phi) is 7.13. The molecule has 1 N–H and O–H groups in total. The highest BCUT2D eigenvalue weighted by molar-refractivity contribution is 6.10. The minimum absolute atomic E-state index is 0.132. The lowest BCUT2D eigenvalue weighted by molar-refractivity contribution is -0.123. The summed E-state index contributed by atoms with van der Waals surface area (Å²) in [4.78, 5) is 37.5. The Morgan fingerprint density at radius 1 is 0.909 bits per heavy atom. The minimum Gasteiger partial charge on any atom is -0.351 e. The van der Waals surface area contributed by atoms with Gasteiger partial charge in [0.25, 0.3) is 5.91 Å². The van der Waals surface area contributed by atoms with E-state index in [9.17, 15) is 9.59 Å². The highest BCUT2D eigenvalue weighted by atomic mass is 16.2. The molecule has 4 rings (SSSR count). The lowest BCUT2D eigenvalue weighted by Crippen LogP contribution is -2.47. The third-order valence-corrected chi connectivity index (χ3v) is 6.46. The number of nitrogens with one attached hydrogen (secondary N) is 1. The van der Waals surface area contributed by atoms with Gasteiger partial charge in [-0.25, -0.2) is 0 Å². The molecule has 0 radical (unpaired) electrons. The van der Waals surface area contributed by atoms with E-state index in [0.29, 0.717) is 5.56 Å². The molecule has 2 heterocycles. The maximum Gasteiger partial charge on any atom is 0.259 e. The first-order valence-corrected chi connectivity index (χ1v) is 11.6. The summed E-state index contributed by atoms with van der Waals surface area (Å²) in [6, 6.07) is 12.1. The molecule has 6 heteroatoms. The van der Waals surface area contributed by atoms with Crippen LogP contribution in [-0.2, 0) is 4.79 Å². The second kappa shape index (κ2) is 10.4. The molecule has 0 bridgehead atoms. The maximum atomic E-state index is 13.9. The quantitative estimate of drug-likeness (QED) is 0.587. The second-order valence-electron chi connectivity index (χ2n) is 8.66. The fraction of sp³-hybridized carbons (Fsp3) is 0.333. The van der Waals surface area contributed by atoms with E-state index >= 15 is 0 Å². The number of carbonyl (C=O) groups excluding carboxylic acids is 2. The van der Waals surface area contributed by atoms with E-state index in [0.717, 1.165) is 48.1 Å². The van der Waals surface area contributed by atoms with Gasteiger partial charge in [0, 0.05) is 42.1 Å². The number of anilines is 1. The summed E-state index contributed by atoms with van der Waals surface area (Å²) in [5.74, 6) is -0.414. The van der Waals surface area contributed by atoms with Gasteiger partial charge in [-0.3, -0.25) is 24.5 Å². The number of pyridine rings is 2. The van der Waals surface area contributed by atoms with Crippen LogP contribution >= 0.6 is 0 Å². The lowest BCUT2D eigenvalue weighted by atomic mass is 9.94. The predicted molar refractivity (Wildman–Crippen MR) is 129 cm³/mol. The molecule has 1 aliphatic carbocycles. The van der Waals surface area contributed by atoms with Crippen molar-refractivity contribution >= 4 is 17.5 Å². The van der Waals surface area contributed by atoms with Crippen molar-refractivity contribution in [3.8, 4) is 0 Å². The zero-order valence-electron chi connectivity index (χ0n) is 19.2. The van der Waals surface area contributed by atoms with Crippen LogP contribution in [0, 0.1) is 13.8 Å². The fourth-order valence-electron chi connectivity index (χ4n) is 4.49. The molecule has 2 amide bonds. The molecule has 33 heavy (non-hydrogen) atoms. The smallest absolute Gasteiger partial charge is 0.259 e. The molecular weight excluding hydrogens is 412 g/mol. The number of amides is 2. The molecule has 170 valence electrons. The van der Waals surface area contributed by atoms with Gasteiger partial charge in [0.1, 0.15) is 6.04 Å². The Labute approximate surface area is 195 Å². The van der Waals surface area contributed by atoms with E-state index in [1.54, 1.807) is 41.8 Å². The summed E-state index contributed by atoms with van der Waals surface area (Å²) in [6.07, 6.45) is 11.9. The Hall–Kier alpha value is -3.54. The van der Waals surface area contributed by atoms with Gasteiger partial charge in [-0.2, -0.15) is 0 Å². The topological polar surface area (TPSA) is 75.2 Å². The van der Waals surface area contributed by atoms with Gasteiger partial charge in [0.15, 0.2) is 0 Å². The normalized spacial score (nSPS) is 15.0. The highest BCUT2D eigenvalue weighted by Gasteiger charge is 2.35. The number of aryl methyl sites for hydroxylation is 1. The van der Waals surface area contributed by atoms with Crippen LogP contribution in [0.4, 0.5) is 5.69 Å².